The number of thioether (sulfide) groups is 1. The summed E-state index contributed by atoms with van der Waals surface area (Å²) in [6.07, 6.45) is 9.28. The highest BCUT2D eigenvalue weighted by Gasteiger charge is 2.24. The largest absolute Gasteiger partial charge is 0.313 e. The number of nitrogens with one attached hydrogen (secondary N) is 1. The maximum Gasteiger partial charge on any atom is 0.0621 e. The van der Waals surface area contributed by atoms with Crippen molar-refractivity contribution in [1.82, 2.24) is 5.32 Å². The Morgan fingerprint density at radius 1 is 1.41 bits per heavy atom. The molecule has 0 radical (unpaired) electrons. The highest BCUT2D eigenvalue weighted by atomic mass is 32.2. The SMILES string of the molecule is CSC1CCCC(NCC(C)(C)CCC#N)C1. The van der Waals surface area contributed by atoms with Crippen molar-refractivity contribution in [2.24, 2.45) is 5.41 Å². The number of nitrogens with zero attached hydrogens (tertiary/aromatic N) is 1. The van der Waals surface area contributed by atoms with Gasteiger partial charge < -0.3 is 5.32 Å². The van der Waals surface area contributed by atoms with Gasteiger partial charge in [0.15, 0.2) is 0 Å². The van der Waals surface area contributed by atoms with E-state index in [-0.39, 0.29) is 5.41 Å². The lowest BCUT2D eigenvalue weighted by Crippen LogP contribution is -2.40. The zero-order valence-corrected chi connectivity index (χ0v) is 12.3. The molecule has 0 heterocycles. The zero-order chi connectivity index (χ0) is 12.7. The highest BCUT2D eigenvalue weighted by molar-refractivity contribution is 7.99. The molecule has 1 saturated carbocycles. The third-order valence-electron chi connectivity index (χ3n) is 3.74. The van der Waals surface area contributed by atoms with Crippen LogP contribution in [0.15, 0.2) is 0 Å². The molecule has 0 aliphatic heterocycles. The molecule has 0 aromatic carbocycles. The molecule has 1 fully saturated rings. The van der Waals surface area contributed by atoms with Crippen LogP contribution in [-0.2, 0) is 0 Å². The molecular weight excluding hydrogens is 228 g/mol. The van der Waals surface area contributed by atoms with E-state index in [0.717, 1.165) is 18.2 Å². The number of hydrogen-bond donors (Lipinski definition) is 1. The minimum atomic E-state index is 0.252. The lowest BCUT2D eigenvalue weighted by Gasteiger charge is -2.32. The molecule has 0 aromatic rings. The Bertz CT molecular complexity index is 257. The van der Waals surface area contributed by atoms with Gasteiger partial charge in [0.25, 0.3) is 0 Å². The molecular formula is C14H26N2S. The van der Waals surface area contributed by atoms with Crippen molar-refractivity contribution in [1.29, 1.82) is 5.26 Å². The zero-order valence-electron chi connectivity index (χ0n) is 11.5. The topological polar surface area (TPSA) is 35.8 Å². The molecule has 0 saturated heterocycles. The van der Waals surface area contributed by atoms with Gasteiger partial charge in [-0.25, -0.2) is 0 Å². The average Bonchev–Trinajstić information content (AvgIpc) is 2.34. The van der Waals surface area contributed by atoms with Crippen molar-refractivity contribution >= 4 is 11.8 Å². The molecule has 2 nitrogen and oxygen atoms in total. The van der Waals surface area contributed by atoms with E-state index in [4.69, 9.17) is 5.26 Å². The van der Waals surface area contributed by atoms with Crippen LogP contribution in [0.25, 0.3) is 0 Å². The van der Waals surface area contributed by atoms with Gasteiger partial charge in [-0.05, 0) is 37.4 Å². The van der Waals surface area contributed by atoms with Crippen LogP contribution in [0.2, 0.25) is 0 Å². The lowest BCUT2D eigenvalue weighted by atomic mass is 9.86. The fourth-order valence-electron chi connectivity index (χ4n) is 2.45. The van der Waals surface area contributed by atoms with Gasteiger partial charge >= 0.3 is 0 Å². The second-order valence-electron chi connectivity index (χ2n) is 5.92. The third kappa shape index (κ3) is 5.79. The predicted octanol–water partition coefficient (Wildman–Crippen LogP) is 3.58. The molecule has 17 heavy (non-hydrogen) atoms. The quantitative estimate of drug-likeness (QED) is 0.787. The fraction of sp³-hybridized carbons (Fsp3) is 0.929. The second kappa shape index (κ2) is 7.28. The minimum Gasteiger partial charge on any atom is -0.313 e. The Balaban J connectivity index is 2.27. The summed E-state index contributed by atoms with van der Waals surface area (Å²) >= 11 is 2.01. The van der Waals surface area contributed by atoms with Gasteiger partial charge in [-0.15, -0.1) is 0 Å². The van der Waals surface area contributed by atoms with Gasteiger partial charge in [0, 0.05) is 24.3 Å². The van der Waals surface area contributed by atoms with Crippen molar-refractivity contribution in [2.75, 3.05) is 12.8 Å². The van der Waals surface area contributed by atoms with Crippen molar-refractivity contribution in [3.8, 4) is 6.07 Å². The molecule has 0 aromatic heterocycles. The summed E-state index contributed by atoms with van der Waals surface area (Å²) in [5, 5.41) is 13.2. The minimum absolute atomic E-state index is 0.252. The van der Waals surface area contributed by atoms with E-state index in [1.165, 1.54) is 25.7 Å². The molecule has 0 bridgehead atoms. The molecule has 1 aliphatic rings. The summed E-state index contributed by atoms with van der Waals surface area (Å²) in [7, 11) is 0. The molecule has 0 spiro atoms. The number of hydrogen-bond acceptors (Lipinski definition) is 3. The Labute approximate surface area is 111 Å². The van der Waals surface area contributed by atoms with Crippen molar-refractivity contribution in [3.63, 3.8) is 0 Å². The highest BCUT2D eigenvalue weighted by Crippen LogP contribution is 2.28. The van der Waals surface area contributed by atoms with Crippen molar-refractivity contribution in [3.05, 3.63) is 0 Å². The van der Waals surface area contributed by atoms with E-state index in [0.29, 0.717) is 12.5 Å². The fourth-order valence-corrected chi connectivity index (χ4v) is 3.27. The Hall–Kier alpha value is -0.200. The average molecular weight is 254 g/mol. The molecule has 1 aliphatic carbocycles. The predicted molar refractivity (Wildman–Crippen MR) is 76.2 cm³/mol. The summed E-state index contributed by atoms with van der Waals surface area (Å²) in [4.78, 5) is 0. The van der Waals surface area contributed by atoms with E-state index < -0.39 is 0 Å². The van der Waals surface area contributed by atoms with Crippen LogP contribution in [0.3, 0.4) is 0 Å². The van der Waals surface area contributed by atoms with Gasteiger partial charge in [-0.1, -0.05) is 20.3 Å². The van der Waals surface area contributed by atoms with Crippen LogP contribution in [0, 0.1) is 16.7 Å². The first kappa shape index (κ1) is 14.9. The first-order valence-electron chi connectivity index (χ1n) is 6.70. The second-order valence-corrected chi connectivity index (χ2v) is 7.06. The standard InChI is InChI=1S/C14H26N2S/c1-14(2,8-5-9-15)11-16-12-6-4-7-13(10-12)17-3/h12-13,16H,4-8,10-11H2,1-3H3. The normalized spacial score (nSPS) is 25.5. The van der Waals surface area contributed by atoms with Crippen molar-refractivity contribution < 1.29 is 0 Å². The first-order valence-corrected chi connectivity index (χ1v) is 7.99. The van der Waals surface area contributed by atoms with Crippen LogP contribution in [0.5, 0.6) is 0 Å². The maximum atomic E-state index is 8.64. The molecule has 0 amide bonds. The number of rotatable bonds is 6. The summed E-state index contributed by atoms with van der Waals surface area (Å²) in [6, 6.07) is 2.94. The van der Waals surface area contributed by atoms with E-state index in [1.54, 1.807) is 0 Å². The van der Waals surface area contributed by atoms with Crippen molar-refractivity contribution in [2.45, 2.75) is 63.7 Å². The third-order valence-corrected chi connectivity index (χ3v) is 4.84. The smallest absolute Gasteiger partial charge is 0.0621 e. The summed E-state index contributed by atoms with van der Waals surface area (Å²) < 4.78 is 0. The van der Waals surface area contributed by atoms with Gasteiger partial charge in [-0.3, -0.25) is 0 Å². The van der Waals surface area contributed by atoms with Crippen LogP contribution < -0.4 is 5.32 Å². The maximum absolute atomic E-state index is 8.64. The monoisotopic (exact) mass is 254 g/mol. The molecule has 1 N–H and O–H groups in total. The van der Waals surface area contributed by atoms with Crippen LogP contribution in [0.1, 0.15) is 52.4 Å². The lowest BCUT2D eigenvalue weighted by molar-refractivity contribution is 0.277. The molecule has 1 rings (SSSR count). The van der Waals surface area contributed by atoms with Crippen LogP contribution in [-0.4, -0.2) is 24.1 Å². The molecule has 2 unspecified atom stereocenters. The van der Waals surface area contributed by atoms with Crippen LogP contribution in [0.4, 0.5) is 0 Å². The molecule has 98 valence electrons. The first-order chi connectivity index (χ1) is 8.07. The summed E-state index contributed by atoms with van der Waals surface area (Å²) in [5.41, 5.74) is 0.252. The van der Waals surface area contributed by atoms with E-state index in [1.807, 2.05) is 11.8 Å². The number of nitriles is 1. The van der Waals surface area contributed by atoms with Gasteiger partial charge in [0.2, 0.25) is 0 Å². The Morgan fingerprint density at radius 3 is 2.82 bits per heavy atom. The van der Waals surface area contributed by atoms with E-state index in [9.17, 15) is 0 Å². The molecule has 3 heteroatoms. The van der Waals surface area contributed by atoms with Crippen LogP contribution >= 0.6 is 11.8 Å². The molecule has 2 atom stereocenters. The summed E-state index contributed by atoms with van der Waals surface area (Å²) in [5.74, 6) is 0. The van der Waals surface area contributed by atoms with Gasteiger partial charge in [0.05, 0.1) is 6.07 Å². The van der Waals surface area contributed by atoms with Gasteiger partial charge in [0.1, 0.15) is 0 Å². The summed E-state index contributed by atoms with van der Waals surface area (Å²) in [6.45, 7) is 5.55. The Morgan fingerprint density at radius 2 is 2.18 bits per heavy atom. The van der Waals surface area contributed by atoms with E-state index in [2.05, 4.69) is 31.5 Å². The van der Waals surface area contributed by atoms with E-state index >= 15 is 0 Å². The Kier molecular flexibility index (Phi) is 6.37. The van der Waals surface area contributed by atoms with Gasteiger partial charge in [-0.2, -0.15) is 17.0 Å².